The third-order valence-electron chi connectivity index (χ3n) is 5.18. The van der Waals surface area contributed by atoms with Crippen LogP contribution in [-0.2, 0) is 22.5 Å². The van der Waals surface area contributed by atoms with E-state index < -0.39 is 5.54 Å². The molecular weight excluding hydrogens is 361 g/mol. The maximum atomic E-state index is 12.4. The molecule has 2 heterocycles. The predicted molar refractivity (Wildman–Crippen MR) is 104 cm³/mol. The summed E-state index contributed by atoms with van der Waals surface area (Å²) in [4.78, 5) is 14.8. The van der Waals surface area contributed by atoms with Crippen molar-refractivity contribution < 1.29 is 9.53 Å². The van der Waals surface area contributed by atoms with Crippen molar-refractivity contribution in [3.8, 4) is 0 Å². The van der Waals surface area contributed by atoms with Gasteiger partial charge in [-0.3, -0.25) is 9.69 Å². The van der Waals surface area contributed by atoms with E-state index in [2.05, 4.69) is 41.4 Å². The molecule has 1 amide bonds. The molecule has 1 aromatic rings. The SMILES string of the molecule is CC(CNC(=O)C1(N)CCOCC1)N1CCc2ccccc2C1.Cl.Cl. The van der Waals surface area contributed by atoms with Gasteiger partial charge in [0, 0.05) is 38.9 Å². The van der Waals surface area contributed by atoms with Gasteiger partial charge in [-0.25, -0.2) is 0 Å². The number of rotatable bonds is 4. The summed E-state index contributed by atoms with van der Waals surface area (Å²) in [6, 6.07) is 8.91. The highest BCUT2D eigenvalue weighted by Crippen LogP contribution is 2.21. The van der Waals surface area contributed by atoms with Crippen LogP contribution in [0, 0.1) is 0 Å². The van der Waals surface area contributed by atoms with Crippen molar-refractivity contribution in [2.75, 3.05) is 26.3 Å². The molecule has 2 aliphatic rings. The van der Waals surface area contributed by atoms with Crippen molar-refractivity contribution in [1.82, 2.24) is 10.2 Å². The smallest absolute Gasteiger partial charge is 0.240 e. The first-order valence-electron chi connectivity index (χ1n) is 8.54. The van der Waals surface area contributed by atoms with Gasteiger partial charge in [-0.15, -0.1) is 24.8 Å². The maximum Gasteiger partial charge on any atom is 0.240 e. The molecular formula is C18H29Cl2N3O2. The van der Waals surface area contributed by atoms with Gasteiger partial charge in [0.1, 0.15) is 0 Å². The third-order valence-corrected chi connectivity index (χ3v) is 5.18. The molecule has 1 fully saturated rings. The van der Waals surface area contributed by atoms with Crippen molar-refractivity contribution in [2.24, 2.45) is 5.73 Å². The Hall–Kier alpha value is -0.850. The van der Waals surface area contributed by atoms with E-state index in [-0.39, 0.29) is 30.7 Å². The van der Waals surface area contributed by atoms with Gasteiger partial charge in [0.15, 0.2) is 0 Å². The first kappa shape index (κ1) is 22.2. The molecule has 0 spiro atoms. The Labute approximate surface area is 162 Å². The molecule has 2 aliphatic heterocycles. The van der Waals surface area contributed by atoms with Crippen LogP contribution in [0.25, 0.3) is 0 Å². The Bertz CT molecular complexity index is 565. The summed E-state index contributed by atoms with van der Waals surface area (Å²) in [5.74, 6) is -0.0370. The van der Waals surface area contributed by atoms with Gasteiger partial charge in [-0.05, 0) is 37.3 Å². The second kappa shape index (κ2) is 9.74. The molecule has 1 atom stereocenters. The average Bonchev–Trinajstić information content (AvgIpc) is 2.59. The maximum absolute atomic E-state index is 12.4. The first-order valence-corrected chi connectivity index (χ1v) is 8.54. The van der Waals surface area contributed by atoms with Crippen LogP contribution >= 0.6 is 24.8 Å². The molecule has 0 bridgehead atoms. The number of carbonyl (C=O) groups is 1. The fourth-order valence-electron chi connectivity index (χ4n) is 3.40. The van der Waals surface area contributed by atoms with Gasteiger partial charge >= 0.3 is 0 Å². The number of fused-ring (bicyclic) bond motifs is 1. The van der Waals surface area contributed by atoms with E-state index in [1.807, 2.05) is 0 Å². The van der Waals surface area contributed by atoms with E-state index in [0.717, 1.165) is 19.5 Å². The van der Waals surface area contributed by atoms with E-state index in [0.29, 0.717) is 38.6 Å². The summed E-state index contributed by atoms with van der Waals surface area (Å²) in [5.41, 5.74) is 8.31. The Morgan fingerprint density at radius 3 is 2.60 bits per heavy atom. The van der Waals surface area contributed by atoms with Crippen molar-refractivity contribution in [3.05, 3.63) is 35.4 Å². The third kappa shape index (κ3) is 5.31. The molecule has 1 saturated heterocycles. The van der Waals surface area contributed by atoms with E-state index in [1.54, 1.807) is 0 Å². The van der Waals surface area contributed by atoms with Gasteiger partial charge in [0.25, 0.3) is 0 Å². The summed E-state index contributed by atoms with van der Waals surface area (Å²) >= 11 is 0. The second-order valence-corrected chi connectivity index (χ2v) is 6.82. The quantitative estimate of drug-likeness (QED) is 0.824. The van der Waals surface area contributed by atoms with Crippen LogP contribution in [0.2, 0.25) is 0 Å². The van der Waals surface area contributed by atoms with Crippen molar-refractivity contribution in [2.45, 2.75) is 44.3 Å². The van der Waals surface area contributed by atoms with Crippen LogP contribution in [0.1, 0.15) is 30.9 Å². The van der Waals surface area contributed by atoms with E-state index in [9.17, 15) is 4.79 Å². The Balaban J connectivity index is 0.00000156. The lowest BCUT2D eigenvalue weighted by Crippen LogP contribution is -2.58. The lowest BCUT2D eigenvalue weighted by molar-refractivity contribution is -0.130. The monoisotopic (exact) mass is 389 g/mol. The normalized spacial score (nSPS) is 20.4. The largest absolute Gasteiger partial charge is 0.381 e. The van der Waals surface area contributed by atoms with Crippen LogP contribution in [0.3, 0.4) is 0 Å². The summed E-state index contributed by atoms with van der Waals surface area (Å²) in [7, 11) is 0. The number of ether oxygens (including phenoxy) is 1. The standard InChI is InChI=1S/C18H27N3O2.2ClH/c1-14(12-20-17(22)18(19)7-10-23-11-8-18)21-9-6-15-4-2-3-5-16(15)13-21;;/h2-5,14H,6-13,19H2,1H3,(H,20,22);2*1H. The van der Waals surface area contributed by atoms with Gasteiger partial charge in [-0.2, -0.15) is 0 Å². The highest BCUT2D eigenvalue weighted by molar-refractivity contribution is 5.86. The fourth-order valence-corrected chi connectivity index (χ4v) is 3.40. The lowest BCUT2D eigenvalue weighted by Gasteiger charge is -2.35. The van der Waals surface area contributed by atoms with E-state index in [4.69, 9.17) is 10.5 Å². The zero-order valence-electron chi connectivity index (χ0n) is 14.7. The summed E-state index contributed by atoms with van der Waals surface area (Å²) in [6.07, 6.45) is 2.28. The molecule has 3 N–H and O–H groups in total. The summed E-state index contributed by atoms with van der Waals surface area (Å²) in [5, 5.41) is 3.05. The number of nitrogens with one attached hydrogen (secondary N) is 1. The van der Waals surface area contributed by atoms with Crippen molar-refractivity contribution >= 4 is 30.7 Å². The van der Waals surface area contributed by atoms with Crippen LogP contribution in [0.5, 0.6) is 0 Å². The minimum absolute atomic E-state index is 0. The van der Waals surface area contributed by atoms with Gasteiger partial charge in [-0.1, -0.05) is 24.3 Å². The molecule has 1 aromatic carbocycles. The average molecular weight is 390 g/mol. The van der Waals surface area contributed by atoms with Crippen LogP contribution in [0.15, 0.2) is 24.3 Å². The molecule has 142 valence electrons. The predicted octanol–water partition coefficient (Wildman–Crippen LogP) is 1.90. The summed E-state index contributed by atoms with van der Waals surface area (Å²) < 4.78 is 5.30. The zero-order chi connectivity index (χ0) is 16.3. The van der Waals surface area contributed by atoms with Crippen molar-refractivity contribution in [1.29, 1.82) is 0 Å². The second-order valence-electron chi connectivity index (χ2n) is 6.82. The van der Waals surface area contributed by atoms with Crippen LogP contribution < -0.4 is 11.1 Å². The number of amides is 1. The minimum Gasteiger partial charge on any atom is -0.381 e. The lowest BCUT2D eigenvalue weighted by atomic mass is 9.90. The number of hydrogen-bond acceptors (Lipinski definition) is 4. The zero-order valence-corrected chi connectivity index (χ0v) is 16.3. The topological polar surface area (TPSA) is 67.6 Å². The molecule has 0 aliphatic carbocycles. The van der Waals surface area contributed by atoms with Crippen LogP contribution in [0.4, 0.5) is 0 Å². The number of nitrogens with zero attached hydrogens (tertiary/aromatic N) is 1. The number of halogens is 2. The highest BCUT2D eigenvalue weighted by atomic mass is 35.5. The summed E-state index contributed by atoms with van der Waals surface area (Å²) in [6.45, 7) is 5.94. The van der Waals surface area contributed by atoms with Gasteiger partial charge in [0.05, 0.1) is 5.54 Å². The Morgan fingerprint density at radius 2 is 1.92 bits per heavy atom. The van der Waals surface area contributed by atoms with Gasteiger partial charge < -0.3 is 15.8 Å². The van der Waals surface area contributed by atoms with Gasteiger partial charge in [0.2, 0.25) is 5.91 Å². The minimum atomic E-state index is -0.757. The molecule has 0 aromatic heterocycles. The Morgan fingerprint density at radius 1 is 1.28 bits per heavy atom. The van der Waals surface area contributed by atoms with E-state index >= 15 is 0 Å². The number of carbonyl (C=O) groups excluding carboxylic acids is 1. The molecule has 1 unspecified atom stereocenters. The highest BCUT2D eigenvalue weighted by Gasteiger charge is 2.36. The molecule has 25 heavy (non-hydrogen) atoms. The Kier molecular flexibility index (Phi) is 8.64. The first-order chi connectivity index (χ1) is 11.1. The molecule has 7 heteroatoms. The molecule has 0 saturated carbocycles. The fraction of sp³-hybridized carbons (Fsp3) is 0.611. The van der Waals surface area contributed by atoms with Crippen molar-refractivity contribution in [3.63, 3.8) is 0 Å². The van der Waals surface area contributed by atoms with Crippen LogP contribution in [-0.4, -0.2) is 48.7 Å². The molecule has 5 nitrogen and oxygen atoms in total. The number of nitrogens with two attached hydrogens (primary N) is 1. The molecule has 3 rings (SSSR count). The van der Waals surface area contributed by atoms with E-state index in [1.165, 1.54) is 11.1 Å². The molecule has 0 radical (unpaired) electrons. The number of hydrogen-bond donors (Lipinski definition) is 2. The number of benzene rings is 1.